The molecule has 2 aromatic rings. The maximum absolute atomic E-state index is 14.3. The normalized spacial score (nSPS) is 18.4. The van der Waals surface area contributed by atoms with E-state index < -0.39 is 19.3 Å². The number of carbonyl (C=O) groups excluding carboxylic acids is 2. The first kappa shape index (κ1) is 20.0. The van der Waals surface area contributed by atoms with Crippen LogP contribution in [-0.4, -0.2) is 42.0 Å². The highest BCUT2D eigenvalue weighted by Crippen LogP contribution is 2.60. The maximum atomic E-state index is 14.3. The average Bonchev–Trinajstić information content (AvgIpc) is 2.74. The fraction of sp³-hybridized carbons (Fsp3) is 0.211. The largest absolute Gasteiger partial charge is 0.468 e. The second-order valence-electron chi connectivity index (χ2n) is 6.10. The van der Waals surface area contributed by atoms with Gasteiger partial charge in [0, 0.05) is 7.05 Å². The molecular weight excluding hydrogens is 397 g/mol. The standard InChI is InChI=1S/C19H20N3O4PS/c1-20-19(28)27(25)21(13-17(23)26-2)16-11-7-6-10-15(16)18(24)22(27)12-14-8-4-3-5-9-14/h3-11H,12-13H2,1-2H3,(H,20,28). The van der Waals surface area contributed by atoms with E-state index in [0.29, 0.717) is 11.3 Å². The first-order valence-electron chi connectivity index (χ1n) is 8.56. The van der Waals surface area contributed by atoms with Crippen LogP contribution < -0.4 is 9.99 Å². The van der Waals surface area contributed by atoms with Crippen LogP contribution >= 0.6 is 19.7 Å². The van der Waals surface area contributed by atoms with Gasteiger partial charge in [-0.3, -0.25) is 23.5 Å². The molecular formula is C19H20N3O4PS. The van der Waals surface area contributed by atoms with Crippen molar-refractivity contribution in [2.45, 2.75) is 6.54 Å². The van der Waals surface area contributed by atoms with Gasteiger partial charge < -0.3 is 10.1 Å². The predicted octanol–water partition coefficient (Wildman–Crippen LogP) is 3.02. The zero-order valence-electron chi connectivity index (χ0n) is 15.5. The molecule has 1 heterocycles. The molecule has 0 saturated heterocycles. The third-order valence-electron chi connectivity index (χ3n) is 4.46. The summed E-state index contributed by atoms with van der Waals surface area (Å²) in [7, 11) is -1.01. The lowest BCUT2D eigenvalue weighted by molar-refractivity contribution is -0.138. The summed E-state index contributed by atoms with van der Waals surface area (Å²) in [5.41, 5.74) is 1.54. The molecule has 2 aromatic carbocycles. The number of nitrogens with zero attached hydrogens (tertiary/aromatic N) is 2. The smallest absolute Gasteiger partial charge is 0.325 e. The summed E-state index contributed by atoms with van der Waals surface area (Å²) in [4.78, 5) is 25.4. The molecule has 0 bridgehead atoms. The summed E-state index contributed by atoms with van der Waals surface area (Å²) < 4.78 is 21.7. The number of anilines is 1. The minimum atomic E-state index is -3.81. The second-order valence-corrected chi connectivity index (χ2v) is 9.31. The van der Waals surface area contributed by atoms with E-state index in [1.165, 1.54) is 16.5 Å². The lowest BCUT2D eigenvalue weighted by atomic mass is 10.1. The van der Waals surface area contributed by atoms with Crippen molar-refractivity contribution in [1.82, 2.24) is 9.99 Å². The molecule has 3 rings (SSSR count). The summed E-state index contributed by atoms with van der Waals surface area (Å²) in [5, 5.41) is 2.74. The highest BCUT2D eigenvalue weighted by molar-refractivity contribution is 8.01. The Labute approximate surface area is 168 Å². The predicted molar refractivity (Wildman–Crippen MR) is 111 cm³/mol. The monoisotopic (exact) mass is 417 g/mol. The van der Waals surface area contributed by atoms with Gasteiger partial charge in [0.2, 0.25) is 0 Å². The topological polar surface area (TPSA) is 79.0 Å². The number of carbonyl (C=O) groups is 2. The minimum Gasteiger partial charge on any atom is -0.468 e. The number of methoxy groups -OCH3 is 1. The molecule has 1 amide bonds. The van der Waals surface area contributed by atoms with Crippen LogP contribution in [0.25, 0.3) is 0 Å². The summed E-state index contributed by atoms with van der Waals surface area (Å²) in [6, 6.07) is 16.0. The van der Waals surface area contributed by atoms with Crippen molar-refractivity contribution in [2.75, 3.05) is 25.4 Å². The van der Waals surface area contributed by atoms with Crippen molar-refractivity contribution < 1.29 is 18.9 Å². The summed E-state index contributed by atoms with van der Waals surface area (Å²) >= 11 is 5.37. The summed E-state index contributed by atoms with van der Waals surface area (Å²) in [6.45, 7) is -0.212. The molecule has 1 aliphatic heterocycles. The number of ether oxygens (including phenoxy) is 1. The first-order chi connectivity index (χ1) is 13.4. The number of fused-ring (bicyclic) bond motifs is 1. The van der Waals surface area contributed by atoms with E-state index in [2.05, 4.69) is 5.32 Å². The molecule has 1 N–H and O–H groups in total. The average molecular weight is 417 g/mol. The van der Waals surface area contributed by atoms with Crippen LogP contribution in [0.4, 0.5) is 5.69 Å². The van der Waals surface area contributed by atoms with Crippen LogP contribution in [0.1, 0.15) is 15.9 Å². The molecule has 1 aliphatic rings. The van der Waals surface area contributed by atoms with Gasteiger partial charge >= 0.3 is 13.4 Å². The van der Waals surface area contributed by atoms with Gasteiger partial charge in [-0.1, -0.05) is 54.7 Å². The van der Waals surface area contributed by atoms with Crippen LogP contribution in [0, 0.1) is 0 Å². The number of rotatable bonds is 5. The zero-order chi connectivity index (χ0) is 20.3. The summed E-state index contributed by atoms with van der Waals surface area (Å²) in [6.07, 6.45) is 0. The second kappa shape index (κ2) is 8.12. The fourth-order valence-electron chi connectivity index (χ4n) is 3.07. The SMILES string of the molecule is CNC(=S)P1(=O)N(Cc2ccccc2)C(=O)c2ccccc2N1CC(=O)OC. The van der Waals surface area contributed by atoms with Crippen LogP contribution in [-0.2, 0) is 20.6 Å². The van der Waals surface area contributed by atoms with E-state index in [4.69, 9.17) is 17.0 Å². The first-order valence-corrected chi connectivity index (χ1v) is 10.6. The number of para-hydroxylation sites is 1. The van der Waals surface area contributed by atoms with E-state index in [1.807, 2.05) is 30.3 Å². The van der Waals surface area contributed by atoms with Crippen molar-refractivity contribution in [2.24, 2.45) is 0 Å². The Morgan fingerprint density at radius 1 is 1.11 bits per heavy atom. The molecule has 1 unspecified atom stereocenters. The van der Waals surface area contributed by atoms with Crippen molar-refractivity contribution in [3.8, 4) is 0 Å². The lowest BCUT2D eigenvalue weighted by Gasteiger charge is -2.44. The van der Waals surface area contributed by atoms with Gasteiger partial charge in [-0.05, 0) is 17.7 Å². The highest BCUT2D eigenvalue weighted by atomic mass is 32.1. The van der Waals surface area contributed by atoms with Crippen molar-refractivity contribution in [1.29, 1.82) is 0 Å². The Bertz CT molecular complexity index is 967. The number of hydrogen-bond donors (Lipinski definition) is 1. The van der Waals surface area contributed by atoms with E-state index in [-0.39, 0.29) is 17.8 Å². The third kappa shape index (κ3) is 3.41. The van der Waals surface area contributed by atoms with Crippen molar-refractivity contribution in [3.63, 3.8) is 0 Å². The van der Waals surface area contributed by atoms with Gasteiger partial charge in [0.25, 0.3) is 5.91 Å². The Hall–Kier alpha value is -2.70. The quantitative estimate of drug-likeness (QED) is 0.455. The number of nitrogens with one attached hydrogen (secondary N) is 1. The molecule has 28 heavy (non-hydrogen) atoms. The number of benzene rings is 2. The molecule has 0 spiro atoms. The van der Waals surface area contributed by atoms with Gasteiger partial charge in [-0.15, -0.1) is 0 Å². The Kier molecular flexibility index (Phi) is 5.82. The molecule has 9 heteroatoms. The van der Waals surface area contributed by atoms with E-state index >= 15 is 0 Å². The van der Waals surface area contributed by atoms with Gasteiger partial charge in [0.15, 0.2) is 4.73 Å². The number of hydrogen-bond acceptors (Lipinski definition) is 5. The van der Waals surface area contributed by atoms with Crippen LogP contribution in [0.5, 0.6) is 0 Å². The Balaban J connectivity index is 2.19. The Morgan fingerprint density at radius 3 is 2.39 bits per heavy atom. The third-order valence-corrected chi connectivity index (χ3v) is 8.12. The van der Waals surface area contributed by atoms with Crippen LogP contribution in [0.2, 0.25) is 0 Å². The van der Waals surface area contributed by atoms with E-state index in [0.717, 1.165) is 5.56 Å². The molecule has 7 nitrogen and oxygen atoms in total. The van der Waals surface area contributed by atoms with Gasteiger partial charge in [-0.25, -0.2) is 0 Å². The molecule has 0 saturated carbocycles. The van der Waals surface area contributed by atoms with Crippen LogP contribution in [0.3, 0.4) is 0 Å². The van der Waals surface area contributed by atoms with Gasteiger partial charge in [-0.2, -0.15) is 0 Å². The molecule has 0 aliphatic carbocycles. The molecule has 146 valence electrons. The van der Waals surface area contributed by atoms with Crippen molar-refractivity contribution >= 4 is 42.0 Å². The number of amides is 1. The number of thiocarbonyl (C=S) groups is 1. The molecule has 0 aromatic heterocycles. The van der Waals surface area contributed by atoms with E-state index in [1.54, 1.807) is 31.3 Å². The fourth-order valence-corrected chi connectivity index (χ4v) is 6.14. The lowest BCUT2D eigenvalue weighted by Crippen LogP contribution is -2.47. The number of esters is 1. The van der Waals surface area contributed by atoms with E-state index in [9.17, 15) is 14.2 Å². The zero-order valence-corrected chi connectivity index (χ0v) is 17.2. The summed E-state index contributed by atoms with van der Waals surface area (Å²) in [5.74, 6) is -0.982. The maximum Gasteiger partial charge on any atom is 0.325 e. The minimum absolute atomic E-state index is 0.00446. The highest BCUT2D eigenvalue weighted by Gasteiger charge is 2.50. The van der Waals surface area contributed by atoms with Crippen LogP contribution in [0.15, 0.2) is 54.6 Å². The van der Waals surface area contributed by atoms with Gasteiger partial charge in [0.05, 0.1) is 24.9 Å². The Morgan fingerprint density at radius 2 is 1.75 bits per heavy atom. The molecule has 1 atom stereocenters. The van der Waals surface area contributed by atoms with Gasteiger partial charge in [0.1, 0.15) is 6.54 Å². The molecule has 0 fully saturated rings. The van der Waals surface area contributed by atoms with Crippen molar-refractivity contribution in [3.05, 3.63) is 65.7 Å². The molecule has 0 radical (unpaired) electrons.